The third-order valence-electron chi connectivity index (χ3n) is 2.14. The zero-order valence-corrected chi connectivity index (χ0v) is 9.10. The maximum atomic E-state index is 11.5. The van der Waals surface area contributed by atoms with Gasteiger partial charge in [0.15, 0.2) is 0 Å². The van der Waals surface area contributed by atoms with Crippen molar-refractivity contribution in [2.24, 2.45) is 7.05 Å². The molecule has 0 bridgehead atoms. The summed E-state index contributed by atoms with van der Waals surface area (Å²) in [6.45, 7) is 2.32. The van der Waals surface area contributed by atoms with Gasteiger partial charge in [-0.25, -0.2) is 0 Å². The number of aliphatic hydroxyl groups excluding tert-OH is 1. The van der Waals surface area contributed by atoms with E-state index in [9.17, 15) is 4.79 Å². The lowest BCUT2D eigenvalue weighted by Crippen LogP contribution is -2.27. The fourth-order valence-corrected chi connectivity index (χ4v) is 1.29. The summed E-state index contributed by atoms with van der Waals surface area (Å²) >= 11 is 0. The molecule has 0 aliphatic carbocycles. The van der Waals surface area contributed by atoms with Gasteiger partial charge in [0.2, 0.25) is 0 Å². The van der Waals surface area contributed by atoms with Crippen molar-refractivity contribution in [3.63, 3.8) is 0 Å². The number of nitrogens with one attached hydrogen (secondary N) is 1. The van der Waals surface area contributed by atoms with Crippen molar-refractivity contribution in [1.82, 2.24) is 15.1 Å². The van der Waals surface area contributed by atoms with E-state index in [1.165, 1.54) is 4.68 Å². The van der Waals surface area contributed by atoms with E-state index in [0.29, 0.717) is 18.7 Å². The average Bonchev–Trinajstić information content (AvgIpc) is 2.58. The molecular weight excluding hydrogens is 194 g/mol. The van der Waals surface area contributed by atoms with Crippen LogP contribution in [-0.4, -0.2) is 33.4 Å². The van der Waals surface area contributed by atoms with Gasteiger partial charge in [0.05, 0.1) is 6.10 Å². The van der Waals surface area contributed by atoms with Crippen molar-refractivity contribution in [2.75, 3.05) is 6.54 Å². The van der Waals surface area contributed by atoms with E-state index >= 15 is 0 Å². The van der Waals surface area contributed by atoms with Crippen molar-refractivity contribution < 1.29 is 9.90 Å². The number of nitrogens with zero attached hydrogens (tertiary/aromatic N) is 2. The molecule has 2 N–H and O–H groups in total. The summed E-state index contributed by atoms with van der Waals surface area (Å²) in [6.07, 6.45) is 2.76. The molecule has 1 amide bonds. The number of hydrogen-bond donors (Lipinski definition) is 2. The van der Waals surface area contributed by atoms with Crippen LogP contribution in [-0.2, 0) is 7.05 Å². The van der Waals surface area contributed by atoms with Crippen LogP contribution in [0.3, 0.4) is 0 Å². The van der Waals surface area contributed by atoms with E-state index in [4.69, 9.17) is 5.11 Å². The Morgan fingerprint density at radius 3 is 3.00 bits per heavy atom. The topological polar surface area (TPSA) is 67.2 Å². The molecule has 0 aliphatic rings. The predicted octanol–water partition coefficient (Wildman–Crippen LogP) is 0.311. The number of aromatic nitrogens is 2. The molecule has 0 spiro atoms. The van der Waals surface area contributed by atoms with Crippen molar-refractivity contribution in [1.29, 1.82) is 0 Å². The van der Waals surface area contributed by atoms with E-state index in [1.54, 1.807) is 26.2 Å². The second-order valence-corrected chi connectivity index (χ2v) is 3.59. The average molecular weight is 211 g/mol. The standard InChI is InChI=1S/C10H17N3O2/c1-8(14)4-3-6-11-10(15)9-5-7-12-13(9)2/h5,7-8,14H,3-4,6H2,1-2H3,(H,11,15). The summed E-state index contributed by atoms with van der Waals surface area (Å²) in [5, 5.41) is 15.7. The fraction of sp³-hybridized carbons (Fsp3) is 0.600. The van der Waals surface area contributed by atoms with Gasteiger partial charge in [0, 0.05) is 19.8 Å². The molecule has 84 valence electrons. The number of aliphatic hydroxyl groups is 1. The largest absolute Gasteiger partial charge is 0.393 e. The first-order valence-corrected chi connectivity index (χ1v) is 5.05. The molecule has 1 unspecified atom stereocenters. The molecule has 0 aromatic carbocycles. The number of aryl methyl sites for hydroxylation is 1. The van der Waals surface area contributed by atoms with Crippen LogP contribution in [0.2, 0.25) is 0 Å². The summed E-state index contributed by atoms with van der Waals surface area (Å²) in [5.41, 5.74) is 0.548. The molecule has 1 aromatic heterocycles. The molecule has 0 aliphatic heterocycles. The lowest BCUT2D eigenvalue weighted by Gasteiger charge is -2.06. The van der Waals surface area contributed by atoms with Crippen LogP contribution in [0.4, 0.5) is 0 Å². The van der Waals surface area contributed by atoms with Gasteiger partial charge in [0.25, 0.3) is 5.91 Å². The van der Waals surface area contributed by atoms with Gasteiger partial charge >= 0.3 is 0 Å². The van der Waals surface area contributed by atoms with Crippen molar-refractivity contribution in [3.05, 3.63) is 18.0 Å². The molecule has 0 fully saturated rings. The molecule has 0 radical (unpaired) electrons. The second-order valence-electron chi connectivity index (χ2n) is 3.59. The number of amides is 1. The van der Waals surface area contributed by atoms with E-state index in [-0.39, 0.29) is 12.0 Å². The number of hydrogen-bond acceptors (Lipinski definition) is 3. The van der Waals surface area contributed by atoms with Crippen LogP contribution in [0.1, 0.15) is 30.3 Å². The highest BCUT2D eigenvalue weighted by atomic mass is 16.3. The Balaban J connectivity index is 2.28. The third kappa shape index (κ3) is 3.71. The van der Waals surface area contributed by atoms with Crippen LogP contribution in [0.25, 0.3) is 0 Å². The van der Waals surface area contributed by atoms with Gasteiger partial charge in [-0.1, -0.05) is 0 Å². The summed E-state index contributed by atoms with van der Waals surface area (Å²) in [4.78, 5) is 11.5. The van der Waals surface area contributed by atoms with Gasteiger partial charge in [-0.3, -0.25) is 9.48 Å². The highest BCUT2D eigenvalue weighted by molar-refractivity contribution is 5.92. The highest BCUT2D eigenvalue weighted by Crippen LogP contribution is 1.97. The molecule has 0 saturated heterocycles. The molecule has 0 saturated carbocycles. The lowest BCUT2D eigenvalue weighted by atomic mass is 10.2. The summed E-state index contributed by atoms with van der Waals surface area (Å²) in [7, 11) is 1.73. The first-order chi connectivity index (χ1) is 7.11. The zero-order chi connectivity index (χ0) is 11.3. The van der Waals surface area contributed by atoms with Crippen LogP contribution in [0, 0.1) is 0 Å². The van der Waals surface area contributed by atoms with Gasteiger partial charge in [0.1, 0.15) is 5.69 Å². The van der Waals surface area contributed by atoms with Crippen LogP contribution in [0.5, 0.6) is 0 Å². The quantitative estimate of drug-likeness (QED) is 0.689. The Bertz CT molecular complexity index is 320. The van der Waals surface area contributed by atoms with Crippen LogP contribution < -0.4 is 5.32 Å². The minimum atomic E-state index is -0.307. The van der Waals surface area contributed by atoms with Gasteiger partial charge in [-0.15, -0.1) is 0 Å². The zero-order valence-electron chi connectivity index (χ0n) is 9.10. The Morgan fingerprint density at radius 1 is 1.73 bits per heavy atom. The van der Waals surface area contributed by atoms with Crippen LogP contribution >= 0.6 is 0 Å². The minimum Gasteiger partial charge on any atom is -0.393 e. The number of carbonyl (C=O) groups is 1. The summed E-state index contributed by atoms with van der Waals surface area (Å²) in [5.74, 6) is -0.124. The Labute approximate surface area is 89.1 Å². The van der Waals surface area contributed by atoms with Crippen molar-refractivity contribution in [3.8, 4) is 0 Å². The number of rotatable bonds is 5. The van der Waals surface area contributed by atoms with E-state index < -0.39 is 0 Å². The molecule has 1 rings (SSSR count). The van der Waals surface area contributed by atoms with E-state index in [2.05, 4.69) is 10.4 Å². The summed E-state index contributed by atoms with van der Waals surface area (Å²) < 4.78 is 1.53. The lowest BCUT2D eigenvalue weighted by molar-refractivity contribution is 0.0940. The molecule has 1 aromatic rings. The van der Waals surface area contributed by atoms with Crippen molar-refractivity contribution in [2.45, 2.75) is 25.9 Å². The Kier molecular flexibility index (Phi) is 4.30. The molecule has 5 heteroatoms. The first-order valence-electron chi connectivity index (χ1n) is 5.05. The van der Waals surface area contributed by atoms with Gasteiger partial charge in [-0.05, 0) is 25.8 Å². The molecule has 15 heavy (non-hydrogen) atoms. The molecule has 1 atom stereocenters. The van der Waals surface area contributed by atoms with Gasteiger partial charge < -0.3 is 10.4 Å². The smallest absolute Gasteiger partial charge is 0.269 e. The third-order valence-corrected chi connectivity index (χ3v) is 2.14. The second kappa shape index (κ2) is 5.50. The normalized spacial score (nSPS) is 12.5. The monoisotopic (exact) mass is 211 g/mol. The fourth-order valence-electron chi connectivity index (χ4n) is 1.29. The predicted molar refractivity (Wildman–Crippen MR) is 56.5 cm³/mol. The highest BCUT2D eigenvalue weighted by Gasteiger charge is 2.08. The Morgan fingerprint density at radius 2 is 2.47 bits per heavy atom. The maximum Gasteiger partial charge on any atom is 0.269 e. The van der Waals surface area contributed by atoms with E-state index in [0.717, 1.165) is 6.42 Å². The summed E-state index contributed by atoms with van der Waals surface area (Å²) in [6, 6.07) is 1.67. The minimum absolute atomic E-state index is 0.124. The SMILES string of the molecule is CC(O)CCCNC(=O)c1ccnn1C. The maximum absolute atomic E-state index is 11.5. The molecule has 1 heterocycles. The van der Waals surface area contributed by atoms with Crippen molar-refractivity contribution >= 4 is 5.91 Å². The number of carbonyl (C=O) groups excluding carboxylic acids is 1. The Hall–Kier alpha value is -1.36. The first kappa shape index (κ1) is 11.7. The van der Waals surface area contributed by atoms with Crippen LogP contribution in [0.15, 0.2) is 12.3 Å². The van der Waals surface area contributed by atoms with Gasteiger partial charge in [-0.2, -0.15) is 5.10 Å². The van der Waals surface area contributed by atoms with E-state index in [1.807, 2.05) is 0 Å². The molecule has 5 nitrogen and oxygen atoms in total. The molecular formula is C10H17N3O2.